The molecule has 5 heteroatoms. The Hall–Kier alpha value is -2.04. The standard InChI is InChI=1S/C12H15N3O2/c1-3-16-10-5-4-6-13-12(10)15-8-11-14-7-9(2)17-11/h4-7H,3,8H2,1-2H3,(H,13,15). The fraction of sp³-hybridized carbons (Fsp3) is 0.333. The first-order valence-corrected chi connectivity index (χ1v) is 5.52. The fourth-order valence-electron chi connectivity index (χ4n) is 1.44. The zero-order chi connectivity index (χ0) is 12.1. The highest BCUT2D eigenvalue weighted by Crippen LogP contribution is 2.21. The number of nitrogens with one attached hydrogen (secondary N) is 1. The summed E-state index contributed by atoms with van der Waals surface area (Å²) in [6.45, 7) is 4.90. The van der Waals surface area contributed by atoms with Crippen molar-refractivity contribution in [3.63, 3.8) is 0 Å². The van der Waals surface area contributed by atoms with Crippen LogP contribution >= 0.6 is 0 Å². The molecule has 0 atom stereocenters. The van der Waals surface area contributed by atoms with Crippen LogP contribution in [-0.4, -0.2) is 16.6 Å². The van der Waals surface area contributed by atoms with E-state index in [-0.39, 0.29) is 0 Å². The summed E-state index contributed by atoms with van der Waals surface area (Å²) < 4.78 is 10.8. The molecule has 0 aliphatic rings. The number of rotatable bonds is 5. The summed E-state index contributed by atoms with van der Waals surface area (Å²) in [7, 11) is 0. The molecule has 2 rings (SSSR count). The summed E-state index contributed by atoms with van der Waals surface area (Å²) >= 11 is 0. The van der Waals surface area contributed by atoms with E-state index >= 15 is 0 Å². The summed E-state index contributed by atoms with van der Waals surface area (Å²) in [5.41, 5.74) is 0. The second-order valence-corrected chi connectivity index (χ2v) is 3.50. The molecule has 5 nitrogen and oxygen atoms in total. The first-order valence-electron chi connectivity index (χ1n) is 5.52. The van der Waals surface area contributed by atoms with E-state index in [9.17, 15) is 0 Å². The van der Waals surface area contributed by atoms with Crippen molar-refractivity contribution in [1.29, 1.82) is 0 Å². The minimum Gasteiger partial charge on any atom is -0.490 e. The lowest BCUT2D eigenvalue weighted by Gasteiger charge is -2.09. The molecular formula is C12H15N3O2. The first kappa shape index (κ1) is 11.4. The smallest absolute Gasteiger partial charge is 0.213 e. The van der Waals surface area contributed by atoms with E-state index in [0.717, 1.165) is 11.5 Å². The number of ether oxygens (including phenoxy) is 1. The van der Waals surface area contributed by atoms with Gasteiger partial charge in [0.15, 0.2) is 11.6 Å². The topological polar surface area (TPSA) is 60.2 Å². The zero-order valence-electron chi connectivity index (χ0n) is 9.93. The molecule has 17 heavy (non-hydrogen) atoms. The first-order chi connectivity index (χ1) is 8.29. The van der Waals surface area contributed by atoms with Gasteiger partial charge in [-0.1, -0.05) is 0 Å². The van der Waals surface area contributed by atoms with Crippen molar-refractivity contribution in [1.82, 2.24) is 9.97 Å². The van der Waals surface area contributed by atoms with Crippen molar-refractivity contribution in [2.45, 2.75) is 20.4 Å². The van der Waals surface area contributed by atoms with Crippen molar-refractivity contribution < 1.29 is 9.15 Å². The van der Waals surface area contributed by atoms with Crippen LogP contribution in [-0.2, 0) is 6.54 Å². The molecule has 0 unspecified atom stereocenters. The monoisotopic (exact) mass is 233 g/mol. The molecule has 90 valence electrons. The molecule has 2 heterocycles. The van der Waals surface area contributed by atoms with Crippen LogP contribution in [0.25, 0.3) is 0 Å². The number of oxazole rings is 1. The highest BCUT2D eigenvalue weighted by atomic mass is 16.5. The largest absolute Gasteiger partial charge is 0.490 e. The van der Waals surface area contributed by atoms with E-state index in [1.54, 1.807) is 12.4 Å². The lowest BCUT2D eigenvalue weighted by atomic mass is 10.4. The number of pyridine rings is 1. The predicted molar refractivity (Wildman–Crippen MR) is 64.0 cm³/mol. The van der Waals surface area contributed by atoms with Gasteiger partial charge in [-0.15, -0.1) is 0 Å². The van der Waals surface area contributed by atoms with Gasteiger partial charge in [0.25, 0.3) is 0 Å². The van der Waals surface area contributed by atoms with E-state index < -0.39 is 0 Å². The Kier molecular flexibility index (Phi) is 3.59. The lowest BCUT2D eigenvalue weighted by Crippen LogP contribution is -2.04. The summed E-state index contributed by atoms with van der Waals surface area (Å²) in [4.78, 5) is 8.32. The van der Waals surface area contributed by atoms with Crippen LogP contribution in [0.3, 0.4) is 0 Å². The number of hydrogen-bond acceptors (Lipinski definition) is 5. The Balaban J connectivity index is 2.03. The Labute approximate surface area is 99.8 Å². The van der Waals surface area contributed by atoms with Gasteiger partial charge in [-0.05, 0) is 26.0 Å². The highest BCUT2D eigenvalue weighted by Gasteiger charge is 2.05. The van der Waals surface area contributed by atoms with E-state index in [2.05, 4.69) is 15.3 Å². The van der Waals surface area contributed by atoms with Gasteiger partial charge in [-0.25, -0.2) is 9.97 Å². The maximum atomic E-state index is 5.45. The van der Waals surface area contributed by atoms with Crippen molar-refractivity contribution >= 4 is 5.82 Å². The molecule has 1 N–H and O–H groups in total. The lowest BCUT2D eigenvalue weighted by molar-refractivity contribution is 0.340. The molecule has 0 amide bonds. The van der Waals surface area contributed by atoms with Crippen LogP contribution in [0.15, 0.2) is 28.9 Å². The summed E-state index contributed by atoms with van der Waals surface area (Å²) in [6.07, 6.45) is 3.41. The minimum absolute atomic E-state index is 0.491. The number of anilines is 1. The summed E-state index contributed by atoms with van der Waals surface area (Å²) in [5, 5.41) is 3.14. The quantitative estimate of drug-likeness (QED) is 0.859. The number of aromatic nitrogens is 2. The van der Waals surface area contributed by atoms with Crippen LogP contribution in [0.2, 0.25) is 0 Å². The Morgan fingerprint density at radius 2 is 2.29 bits per heavy atom. The average Bonchev–Trinajstić information content (AvgIpc) is 2.74. The fourth-order valence-corrected chi connectivity index (χ4v) is 1.44. The second-order valence-electron chi connectivity index (χ2n) is 3.50. The van der Waals surface area contributed by atoms with E-state index in [0.29, 0.717) is 24.9 Å². The molecular weight excluding hydrogens is 218 g/mol. The van der Waals surface area contributed by atoms with E-state index in [1.165, 1.54) is 0 Å². The Bertz CT molecular complexity index is 482. The number of aryl methyl sites for hydroxylation is 1. The van der Waals surface area contributed by atoms with Gasteiger partial charge in [0.2, 0.25) is 5.89 Å². The zero-order valence-corrected chi connectivity index (χ0v) is 9.93. The molecule has 0 aliphatic carbocycles. The number of hydrogen-bond donors (Lipinski definition) is 1. The molecule has 0 fully saturated rings. The van der Waals surface area contributed by atoms with Gasteiger partial charge in [0.1, 0.15) is 5.76 Å². The third-order valence-corrected chi connectivity index (χ3v) is 2.15. The third kappa shape index (κ3) is 2.96. The number of nitrogens with zero attached hydrogens (tertiary/aromatic N) is 2. The summed E-state index contributed by atoms with van der Waals surface area (Å²) in [6, 6.07) is 3.71. The average molecular weight is 233 g/mol. The van der Waals surface area contributed by atoms with Crippen LogP contribution in [0.4, 0.5) is 5.82 Å². The van der Waals surface area contributed by atoms with Crippen molar-refractivity contribution in [2.24, 2.45) is 0 Å². The molecule has 0 radical (unpaired) electrons. The van der Waals surface area contributed by atoms with E-state index in [1.807, 2.05) is 26.0 Å². The Morgan fingerprint density at radius 3 is 3.00 bits per heavy atom. The van der Waals surface area contributed by atoms with E-state index in [4.69, 9.17) is 9.15 Å². The molecule has 2 aromatic heterocycles. The molecule has 0 aromatic carbocycles. The predicted octanol–water partition coefficient (Wildman–Crippen LogP) is 2.39. The maximum absolute atomic E-state index is 5.45. The van der Waals surface area contributed by atoms with Crippen LogP contribution in [0.5, 0.6) is 5.75 Å². The SMILES string of the molecule is CCOc1cccnc1NCc1ncc(C)o1. The molecule has 0 spiro atoms. The van der Waals surface area contributed by atoms with Crippen LogP contribution < -0.4 is 10.1 Å². The van der Waals surface area contributed by atoms with Gasteiger partial charge >= 0.3 is 0 Å². The maximum Gasteiger partial charge on any atom is 0.213 e. The molecule has 0 aliphatic heterocycles. The molecule has 2 aromatic rings. The van der Waals surface area contributed by atoms with Gasteiger partial charge in [-0.2, -0.15) is 0 Å². The molecule has 0 bridgehead atoms. The summed E-state index contributed by atoms with van der Waals surface area (Å²) in [5.74, 6) is 2.87. The van der Waals surface area contributed by atoms with Gasteiger partial charge in [0, 0.05) is 6.20 Å². The van der Waals surface area contributed by atoms with Crippen molar-refractivity contribution in [2.75, 3.05) is 11.9 Å². The van der Waals surface area contributed by atoms with Crippen LogP contribution in [0, 0.1) is 6.92 Å². The normalized spacial score (nSPS) is 10.2. The Morgan fingerprint density at radius 1 is 1.41 bits per heavy atom. The van der Waals surface area contributed by atoms with Crippen molar-refractivity contribution in [3.05, 3.63) is 36.2 Å². The van der Waals surface area contributed by atoms with Gasteiger partial charge in [0.05, 0.1) is 19.3 Å². The van der Waals surface area contributed by atoms with Gasteiger partial charge in [-0.3, -0.25) is 0 Å². The highest BCUT2D eigenvalue weighted by molar-refractivity contribution is 5.49. The second kappa shape index (κ2) is 5.34. The van der Waals surface area contributed by atoms with Gasteiger partial charge < -0.3 is 14.5 Å². The third-order valence-electron chi connectivity index (χ3n) is 2.15. The van der Waals surface area contributed by atoms with Crippen molar-refractivity contribution in [3.8, 4) is 5.75 Å². The van der Waals surface area contributed by atoms with Crippen LogP contribution in [0.1, 0.15) is 18.6 Å². The molecule has 0 saturated heterocycles. The molecule has 0 saturated carbocycles. The minimum atomic E-state index is 0.491.